The van der Waals surface area contributed by atoms with E-state index in [-0.39, 0.29) is 5.91 Å². The molecule has 0 fully saturated rings. The molecule has 4 aromatic rings. The topological polar surface area (TPSA) is 86.1 Å². The number of rotatable bonds is 6. The highest BCUT2D eigenvalue weighted by atomic mass is 16.5. The summed E-state index contributed by atoms with van der Waals surface area (Å²) in [5, 5.41) is 2.95. The zero-order valence-electron chi connectivity index (χ0n) is 22.9. The highest BCUT2D eigenvalue weighted by molar-refractivity contribution is 5.96. The molecule has 1 N–H and O–H groups in total. The van der Waals surface area contributed by atoms with Crippen LogP contribution in [0, 0.1) is 13.8 Å². The lowest BCUT2D eigenvalue weighted by atomic mass is 10.1. The summed E-state index contributed by atoms with van der Waals surface area (Å²) in [7, 11) is 1.97. The summed E-state index contributed by atoms with van der Waals surface area (Å²) < 4.78 is 8.08. The quantitative estimate of drug-likeness (QED) is 0.317. The molecule has 0 aliphatic carbocycles. The van der Waals surface area contributed by atoms with E-state index in [9.17, 15) is 4.79 Å². The van der Waals surface area contributed by atoms with Gasteiger partial charge in [-0.15, -0.1) is 0 Å². The molecule has 0 aliphatic heterocycles. The molecule has 7 heteroatoms. The Labute approximate surface area is 220 Å². The SMILES string of the molecule is C=O.CC.CC.Cc1ccc(CNC(=O)c2cccc(Oc3ccnc(-c4ccn(C)c4)c3)c2C)cn1. The van der Waals surface area contributed by atoms with Gasteiger partial charge in [0.1, 0.15) is 18.3 Å². The Hall–Kier alpha value is -4.26. The summed E-state index contributed by atoms with van der Waals surface area (Å²) in [5.41, 5.74) is 5.10. The Morgan fingerprint density at radius 2 is 1.73 bits per heavy atom. The van der Waals surface area contributed by atoms with Crippen molar-refractivity contribution in [3.8, 4) is 22.8 Å². The molecule has 0 saturated carbocycles. The summed E-state index contributed by atoms with van der Waals surface area (Å²) >= 11 is 0. The number of carbonyl (C=O) groups excluding carboxylic acids is 2. The normalized spacial score (nSPS) is 9.38. The molecule has 1 aromatic carbocycles. The molecule has 7 nitrogen and oxygen atoms in total. The van der Waals surface area contributed by atoms with Crippen molar-refractivity contribution in [3.05, 3.63) is 95.7 Å². The van der Waals surface area contributed by atoms with Crippen molar-refractivity contribution >= 4 is 12.7 Å². The van der Waals surface area contributed by atoms with Crippen molar-refractivity contribution in [1.29, 1.82) is 0 Å². The molecule has 37 heavy (non-hydrogen) atoms. The highest BCUT2D eigenvalue weighted by Crippen LogP contribution is 2.29. The van der Waals surface area contributed by atoms with E-state index in [1.165, 1.54) is 0 Å². The molecule has 0 bridgehead atoms. The van der Waals surface area contributed by atoms with E-state index in [4.69, 9.17) is 9.53 Å². The second-order valence-corrected chi connectivity index (χ2v) is 7.46. The first kappa shape index (κ1) is 30.8. The van der Waals surface area contributed by atoms with Crippen LogP contribution in [-0.4, -0.2) is 27.2 Å². The first-order valence-electron chi connectivity index (χ1n) is 12.3. The monoisotopic (exact) mass is 502 g/mol. The van der Waals surface area contributed by atoms with Gasteiger partial charge in [0.15, 0.2) is 0 Å². The van der Waals surface area contributed by atoms with Crippen molar-refractivity contribution in [1.82, 2.24) is 19.9 Å². The van der Waals surface area contributed by atoms with Gasteiger partial charge >= 0.3 is 0 Å². The third-order valence-corrected chi connectivity index (χ3v) is 5.04. The number of aromatic nitrogens is 3. The van der Waals surface area contributed by atoms with E-state index in [2.05, 4.69) is 15.3 Å². The minimum absolute atomic E-state index is 0.150. The maximum absolute atomic E-state index is 12.8. The van der Waals surface area contributed by atoms with Crippen LogP contribution in [0.1, 0.15) is 54.9 Å². The minimum atomic E-state index is -0.150. The predicted molar refractivity (Wildman–Crippen MR) is 150 cm³/mol. The number of carbonyl (C=O) groups is 2. The molecule has 196 valence electrons. The van der Waals surface area contributed by atoms with Gasteiger partial charge in [-0.05, 0) is 49.7 Å². The fourth-order valence-corrected chi connectivity index (χ4v) is 3.27. The molecular weight excluding hydrogens is 464 g/mol. The second kappa shape index (κ2) is 16.4. The fraction of sp³-hybridized carbons (Fsp3) is 0.267. The number of ether oxygens (including phenoxy) is 1. The van der Waals surface area contributed by atoms with Crippen LogP contribution >= 0.6 is 0 Å². The standard InChI is InChI=1S/C25H24N4O2.2C2H6.CH2O/c1-17-7-8-19(14-27-17)15-28-25(30)22-5-4-6-24(18(22)2)31-21-9-11-26-23(13-21)20-10-12-29(3)16-20;3*1-2/h4-14,16H,15H2,1-3H3,(H,28,30);2*1-2H3;1H2. The zero-order chi connectivity index (χ0) is 27.8. The van der Waals surface area contributed by atoms with Crippen LogP contribution in [0.5, 0.6) is 11.5 Å². The van der Waals surface area contributed by atoms with Crippen LogP contribution in [0.15, 0.2) is 73.3 Å². The molecule has 0 unspecified atom stereocenters. The average molecular weight is 503 g/mol. The third kappa shape index (κ3) is 9.04. The van der Waals surface area contributed by atoms with Gasteiger partial charge in [0.05, 0.1) is 5.69 Å². The lowest BCUT2D eigenvalue weighted by Crippen LogP contribution is -2.23. The van der Waals surface area contributed by atoms with Crippen LogP contribution in [-0.2, 0) is 18.4 Å². The van der Waals surface area contributed by atoms with Gasteiger partial charge in [-0.2, -0.15) is 0 Å². The van der Waals surface area contributed by atoms with Gasteiger partial charge in [-0.1, -0.05) is 39.8 Å². The molecule has 3 aromatic heterocycles. The van der Waals surface area contributed by atoms with Gasteiger partial charge in [0.2, 0.25) is 0 Å². The zero-order valence-corrected chi connectivity index (χ0v) is 22.9. The van der Waals surface area contributed by atoms with Crippen LogP contribution in [0.25, 0.3) is 11.3 Å². The Bertz CT molecular complexity index is 1230. The number of nitrogens with one attached hydrogen (secondary N) is 1. The van der Waals surface area contributed by atoms with E-state index in [0.717, 1.165) is 28.1 Å². The molecule has 0 spiro atoms. The third-order valence-electron chi connectivity index (χ3n) is 5.04. The molecule has 3 heterocycles. The van der Waals surface area contributed by atoms with Crippen LogP contribution < -0.4 is 10.1 Å². The number of nitrogens with zero attached hydrogens (tertiary/aromatic N) is 3. The maximum Gasteiger partial charge on any atom is 0.251 e. The minimum Gasteiger partial charge on any atom is -0.457 e. The number of amides is 1. The first-order chi connectivity index (χ1) is 18.0. The van der Waals surface area contributed by atoms with E-state index in [0.29, 0.717) is 23.6 Å². The molecule has 0 saturated heterocycles. The van der Waals surface area contributed by atoms with Crippen molar-refractivity contribution < 1.29 is 14.3 Å². The number of hydrogen-bond acceptors (Lipinski definition) is 5. The summed E-state index contributed by atoms with van der Waals surface area (Å²) in [6, 6.07) is 15.1. The lowest BCUT2D eigenvalue weighted by Gasteiger charge is -2.13. The molecule has 0 radical (unpaired) electrons. The van der Waals surface area contributed by atoms with Gasteiger partial charge in [0.25, 0.3) is 5.91 Å². The Balaban J connectivity index is 0.00000106. The molecular formula is C30H38N4O3. The number of benzene rings is 1. The Morgan fingerprint density at radius 3 is 2.35 bits per heavy atom. The Kier molecular flexibility index (Phi) is 13.7. The maximum atomic E-state index is 12.8. The number of pyridine rings is 2. The van der Waals surface area contributed by atoms with Crippen molar-refractivity contribution in [2.75, 3.05) is 0 Å². The van der Waals surface area contributed by atoms with E-state index in [1.54, 1.807) is 18.5 Å². The summed E-state index contributed by atoms with van der Waals surface area (Å²) in [6.45, 7) is 14.2. The number of aryl methyl sites for hydroxylation is 2. The fourth-order valence-electron chi connectivity index (χ4n) is 3.27. The molecule has 0 atom stereocenters. The van der Waals surface area contributed by atoms with Crippen molar-refractivity contribution in [2.45, 2.75) is 48.1 Å². The lowest BCUT2D eigenvalue weighted by molar-refractivity contribution is -0.0980. The second-order valence-electron chi connectivity index (χ2n) is 7.46. The molecule has 1 amide bonds. The van der Waals surface area contributed by atoms with Gasteiger partial charge in [0, 0.05) is 66.8 Å². The van der Waals surface area contributed by atoms with E-state index < -0.39 is 0 Å². The summed E-state index contributed by atoms with van der Waals surface area (Å²) in [4.78, 5) is 29.4. The van der Waals surface area contributed by atoms with Crippen LogP contribution in [0.4, 0.5) is 0 Å². The van der Waals surface area contributed by atoms with Gasteiger partial charge in [-0.25, -0.2) is 0 Å². The summed E-state index contributed by atoms with van der Waals surface area (Å²) in [5.74, 6) is 1.15. The van der Waals surface area contributed by atoms with Crippen LogP contribution in [0.3, 0.4) is 0 Å². The number of hydrogen-bond donors (Lipinski definition) is 1. The van der Waals surface area contributed by atoms with Crippen LogP contribution in [0.2, 0.25) is 0 Å². The smallest absolute Gasteiger partial charge is 0.251 e. The van der Waals surface area contributed by atoms with E-state index >= 15 is 0 Å². The van der Waals surface area contributed by atoms with E-state index in [1.807, 2.05) is 115 Å². The van der Waals surface area contributed by atoms with Crippen molar-refractivity contribution in [3.63, 3.8) is 0 Å². The summed E-state index contributed by atoms with van der Waals surface area (Å²) in [6.07, 6.45) is 7.48. The molecule has 4 rings (SSSR count). The molecule has 0 aliphatic rings. The Morgan fingerprint density at radius 1 is 1.00 bits per heavy atom. The largest absolute Gasteiger partial charge is 0.457 e. The van der Waals surface area contributed by atoms with Crippen molar-refractivity contribution in [2.24, 2.45) is 7.05 Å². The highest BCUT2D eigenvalue weighted by Gasteiger charge is 2.13. The van der Waals surface area contributed by atoms with Gasteiger partial charge in [-0.3, -0.25) is 14.8 Å². The average Bonchev–Trinajstić information content (AvgIpc) is 3.39. The van der Waals surface area contributed by atoms with Gasteiger partial charge < -0.3 is 19.4 Å². The first-order valence-corrected chi connectivity index (χ1v) is 12.3. The predicted octanol–water partition coefficient (Wildman–Crippen LogP) is 6.69.